The smallest absolute Gasteiger partial charge is 0.135 e. The minimum absolute atomic E-state index is 0.880. The van der Waals surface area contributed by atoms with Crippen LogP contribution in [0.2, 0.25) is 0 Å². The molecule has 0 saturated carbocycles. The molecule has 4 aromatic heterocycles. The Morgan fingerprint density at radius 1 is 0.326 bits per heavy atom. The van der Waals surface area contributed by atoms with Gasteiger partial charge >= 0.3 is 0 Å². The molecule has 4 heterocycles. The molecule has 0 radical (unpaired) electrons. The summed E-state index contributed by atoms with van der Waals surface area (Å²) >= 11 is 3.65. The van der Waals surface area contributed by atoms with E-state index in [1.54, 1.807) is 0 Å². The standard InChI is InChI=1S/C42H24O2S2/c1-3-7-25(8-4-1)41-23-33-15-27(11-13-39(33)45-41)35-21-31-17-29-20-38-32(18-30(29)19-37(31)43-35)22-36(44-38)28-12-14-40-34(16-28)24-42(46-40)26-9-5-2-6-10-26/h1-24H. The number of hydrogen-bond acceptors (Lipinski definition) is 4. The van der Waals surface area contributed by atoms with Crippen LogP contribution in [0.15, 0.2) is 154 Å². The molecule has 10 rings (SSSR count). The maximum Gasteiger partial charge on any atom is 0.135 e. The van der Waals surface area contributed by atoms with Crippen molar-refractivity contribution in [1.29, 1.82) is 0 Å². The van der Waals surface area contributed by atoms with E-state index in [-0.39, 0.29) is 0 Å². The van der Waals surface area contributed by atoms with Gasteiger partial charge in [0.15, 0.2) is 0 Å². The second-order valence-electron chi connectivity index (χ2n) is 11.8. The Kier molecular flexibility index (Phi) is 5.65. The summed E-state index contributed by atoms with van der Waals surface area (Å²) in [5.74, 6) is 1.76. The number of furan rings is 2. The van der Waals surface area contributed by atoms with E-state index in [4.69, 9.17) is 8.83 Å². The molecule has 216 valence electrons. The van der Waals surface area contributed by atoms with Crippen molar-refractivity contribution in [2.24, 2.45) is 0 Å². The number of benzene rings is 6. The zero-order valence-electron chi connectivity index (χ0n) is 24.5. The van der Waals surface area contributed by atoms with Crippen LogP contribution in [0.3, 0.4) is 0 Å². The monoisotopic (exact) mass is 624 g/mol. The molecule has 2 nitrogen and oxygen atoms in total. The van der Waals surface area contributed by atoms with Crippen molar-refractivity contribution < 1.29 is 8.83 Å². The molecule has 0 aliphatic heterocycles. The SMILES string of the molecule is c1ccc(-c2cc3cc(-c4cc5cc6cc7oc(-c8ccc9sc(-c%10ccccc%10)cc9c8)cc7cc6cc5o4)ccc3s2)cc1. The molecule has 0 fully saturated rings. The summed E-state index contributed by atoms with van der Waals surface area (Å²) in [6, 6.07) is 51.9. The quantitative estimate of drug-likeness (QED) is 0.195. The van der Waals surface area contributed by atoms with Crippen molar-refractivity contribution in [3.05, 3.63) is 146 Å². The third-order valence-corrected chi connectivity index (χ3v) is 11.2. The molecule has 0 unspecified atom stereocenters. The van der Waals surface area contributed by atoms with E-state index < -0.39 is 0 Å². The molecular formula is C42H24O2S2. The van der Waals surface area contributed by atoms with Crippen LogP contribution in [-0.4, -0.2) is 0 Å². The van der Waals surface area contributed by atoms with Crippen molar-refractivity contribution in [2.45, 2.75) is 0 Å². The summed E-state index contributed by atoms with van der Waals surface area (Å²) in [7, 11) is 0. The number of rotatable bonds is 4. The first-order valence-electron chi connectivity index (χ1n) is 15.3. The fourth-order valence-corrected chi connectivity index (χ4v) is 8.59. The van der Waals surface area contributed by atoms with Gasteiger partial charge in [0.25, 0.3) is 0 Å². The Balaban J connectivity index is 0.995. The lowest BCUT2D eigenvalue weighted by Crippen LogP contribution is -1.73. The Morgan fingerprint density at radius 3 is 1.24 bits per heavy atom. The zero-order valence-corrected chi connectivity index (χ0v) is 26.1. The molecule has 4 heteroatoms. The molecule has 10 aromatic rings. The lowest BCUT2D eigenvalue weighted by molar-refractivity contribution is 0.631. The van der Waals surface area contributed by atoms with Crippen LogP contribution in [0.25, 0.3) is 96.4 Å². The van der Waals surface area contributed by atoms with Crippen LogP contribution in [-0.2, 0) is 0 Å². The van der Waals surface area contributed by atoms with Crippen molar-refractivity contribution in [3.63, 3.8) is 0 Å². The summed E-state index contributed by atoms with van der Waals surface area (Å²) in [6.07, 6.45) is 0. The van der Waals surface area contributed by atoms with Gasteiger partial charge in [-0.3, -0.25) is 0 Å². The summed E-state index contributed by atoms with van der Waals surface area (Å²) in [5, 5.41) is 6.91. The molecule has 0 spiro atoms. The zero-order chi connectivity index (χ0) is 30.2. The highest BCUT2D eigenvalue weighted by atomic mass is 32.1. The molecule has 0 saturated heterocycles. The maximum absolute atomic E-state index is 6.44. The summed E-state index contributed by atoms with van der Waals surface area (Å²) in [4.78, 5) is 2.56. The maximum atomic E-state index is 6.44. The van der Waals surface area contributed by atoms with Gasteiger partial charge in [-0.15, -0.1) is 22.7 Å². The largest absolute Gasteiger partial charge is 0.456 e. The fraction of sp³-hybridized carbons (Fsp3) is 0. The molecular weight excluding hydrogens is 601 g/mol. The molecule has 6 aromatic carbocycles. The first kappa shape index (κ1) is 25.9. The minimum Gasteiger partial charge on any atom is -0.456 e. The van der Waals surface area contributed by atoms with Crippen LogP contribution >= 0.6 is 22.7 Å². The topological polar surface area (TPSA) is 26.3 Å². The van der Waals surface area contributed by atoms with E-state index in [1.165, 1.54) is 41.1 Å². The van der Waals surface area contributed by atoms with Crippen LogP contribution in [0.1, 0.15) is 0 Å². The predicted molar refractivity (Wildman–Crippen MR) is 196 cm³/mol. The summed E-state index contributed by atoms with van der Waals surface area (Å²) < 4.78 is 15.4. The van der Waals surface area contributed by atoms with Crippen LogP contribution in [0.5, 0.6) is 0 Å². The third-order valence-electron chi connectivity index (χ3n) is 8.83. The Labute approximate surface area is 272 Å². The van der Waals surface area contributed by atoms with Crippen molar-refractivity contribution in [2.75, 3.05) is 0 Å². The highest BCUT2D eigenvalue weighted by Crippen LogP contribution is 2.40. The van der Waals surface area contributed by atoms with Gasteiger partial charge in [-0.05, 0) is 118 Å². The Hall–Kier alpha value is -5.42. The highest BCUT2D eigenvalue weighted by Gasteiger charge is 2.14. The first-order valence-corrected chi connectivity index (χ1v) is 16.9. The minimum atomic E-state index is 0.880. The molecule has 0 bridgehead atoms. The second kappa shape index (κ2) is 10.0. The molecule has 0 atom stereocenters. The van der Waals surface area contributed by atoms with Crippen LogP contribution in [0.4, 0.5) is 0 Å². The van der Waals surface area contributed by atoms with Gasteiger partial charge in [0.1, 0.15) is 22.7 Å². The van der Waals surface area contributed by atoms with Gasteiger partial charge in [0.2, 0.25) is 0 Å². The van der Waals surface area contributed by atoms with E-state index in [1.807, 2.05) is 22.7 Å². The fourth-order valence-electron chi connectivity index (χ4n) is 6.49. The Bertz CT molecular complexity index is 2480. The van der Waals surface area contributed by atoms with E-state index in [2.05, 4.69) is 146 Å². The van der Waals surface area contributed by atoms with E-state index in [9.17, 15) is 0 Å². The molecule has 0 aliphatic carbocycles. The lowest BCUT2D eigenvalue weighted by atomic mass is 10.0. The second-order valence-corrected chi connectivity index (χ2v) is 14.0. The number of hydrogen-bond donors (Lipinski definition) is 0. The van der Waals surface area contributed by atoms with Crippen LogP contribution < -0.4 is 0 Å². The van der Waals surface area contributed by atoms with Gasteiger partial charge in [-0.25, -0.2) is 0 Å². The van der Waals surface area contributed by atoms with E-state index >= 15 is 0 Å². The van der Waals surface area contributed by atoms with Crippen molar-refractivity contribution >= 4 is 75.6 Å². The van der Waals surface area contributed by atoms with Crippen molar-refractivity contribution in [1.82, 2.24) is 0 Å². The van der Waals surface area contributed by atoms with Gasteiger partial charge in [0.05, 0.1) is 0 Å². The number of thiophene rings is 2. The summed E-state index contributed by atoms with van der Waals surface area (Å²) in [5.41, 5.74) is 6.44. The van der Waals surface area contributed by atoms with Crippen molar-refractivity contribution in [3.8, 4) is 43.5 Å². The lowest BCUT2D eigenvalue weighted by Gasteiger charge is -1.98. The molecule has 0 N–H and O–H groups in total. The normalized spacial score (nSPS) is 11.9. The average Bonchev–Trinajstić information content (AvgIpc) is 3.90. The van der Waals surface area contributed by atoms with Gasteiger partial charge < -0.3 is 8.83 Å². The van der Waals surface area contributed by atoms with Crippen LogP contribution in [0, 0.1) is 0 Å². The van der Waals surface area contributed by atoms with E-state index in [0.717, 1.165) is 55.4 Å². The molecule has 46 heavy (non-hydrogen) atoms. The average molecular weight is 625 g/mol. The summed E-state index contributed by atoms with van der Waals surface area (Å²) in [6.45, 7) is 0. The predicted octanol–water partition coefficient (Wildman–Crippen LogP) is 13.4. The molecule has 0 amide bonds. The molecule has 0 aliphatic rings. The van der Waals surface area contributed by atoms with E-state index in [0.29, 0.717) is 0 Å². The highest BCUT2D eigenvalue weighted by molar-refractivity contribution is 7.22. The van der Waals surface area contributed by atoms with Gasteiger partial charge in [-0.2, -0.15) is 0 Å². The first-order chi connectivity index (χ1) is 22.7. The van der Waals surface area contributed by atoms with Gasteiger partial charge in [0, 0.05) is 41.1 Å². The Morgan fingerprint density at radius 2 is 0.783 bits per heavy atom. The number of fused-ring (bicyclic) bond motifs is 5. The third kappa shape index (κ3) is 4.30. The van der Waals surface area contributed by atoms with Gasteiger partial charge in [-0.1, -0.05) is 60.7 Å².